The highest BCUT2D eigenvalue weighted by Crippen LogP contribution is 2.19. The molecule has 0 spiro atoms. The van der Waals surface area contributed by atoms with Gasteiger partial charge in [-0.25, -0.2) is 4.79 Å². The Bertz CT molecular complexity index is 391. The van der Waals surface area contributed by atoms with E-state index in [-0.39, 0.29) is 12.1 Å². The highest BCUT2D eigenvalue weighted by atomic mass is 35.5. The van der Waals surface area contributed by atoms with Crippen LogP contribution in [0.4, 0.5) is 0 Å². The minimum absolute atomic E-state index is 0.125. The lowest BCUT2D eigenvalue weighted by molar-refractivity contribution is -0.141. The minimum Gasteiger partial charge on any atom is -0.460 e. The van der Waals surface area contributed by atoms with Crippen molar-refractivity contribution in [3.63, 3.8) is 0 Å². The first-order chi connectivity index (χ1) is 7.47. The zero-order valence-corrected chi connectivity index (χ0v) is 10.5. The summed E-state index contributed by atoms with van der Waals surface area (Å²) in [5.41, 5.74) is 0.762. The number of hydrogen-bond donors (Lipinski definition) is 0. The molecule has 0 saturated carbocycles. The third kappa shape index (κ3) is 4.69. The second-order valence-corrected chi connectivity index (χ2v) is 4.39. The Labute approximate surface area is 105 Å². The van der Waals surface area contributed by atoms with Gasteiger partial charge in [-0.1, -0.05) is 23.2 Å². The van der Waals surface area contributed by atoms with Crippen molar-refractivity contribution in [3.05, 3.63) is 39.9 Å². The SMILES string of the molecule is CC(C)OC(=O)C=Cc1cc(Cl)cc(Cl)c1. The predicted octanol–water partition coefficient (Wildman–Crippen LogP) is 3.96. The summed E-state index contributed by atoms with van der Waals surface area (Å²) in [6.45, 7) is 3.59. The van der Waals surface area contributed by atoms with Gasteiger partial charge < -0.3 is 4.74 Å². The zero-order chi connectivity index (χ0) is 12.1. The fourth-order valence-electron chi connectivity index (χ4n) is 1.11. The van der Waals surface area contributed by atoms with Gasteiger partial charge in [0.15, 0.2) is 0 Å². The average Bonchev–Trinajstić information content (AvgIpc) is 2.12. The van der Waals surface area contributed by atoms with E-state index in [1.54, 1.807) is 38.1 Å². The number of ether oxygens (including phenoxy) is 1. The molecule has 2 nitrogen and oxygen atoms in total. The lowest BCUT2D eigenvalue weighted by Crippen LogP contribution is -2.08. The van der Waals surface area contributed by atoms with E-state index >= 15 is 0 Å². The van der Waals surface area contributed by atoms with Crippen LogP contribution in [0.3, 0.4) is 0 Å². The Morgan fingerprint density at radius 2 is 1.81 bits per heavy atom. The molecule has 16 heavy (non-hydrogen) atoms. The summed E-state index contributed by atoms with van der Waals surface area (Å²) < 4.78 is 4.94. The van der Waals surface area contributed by atoms with E-state index in [0.717, 1.165) is 5.56 Å². The van der Waals surface area contributed by atoms with Crippen LogP contribution < -0.4 is 0 Å². The van der Waals surface area contributed by atoms with Gasteiger partial charge in [0.05, 0.1) is 6.10 Å². The Kier molecular flexibility index (Phi) is 4.84. The molecular formula is C12H12Cl2O2. The maximum atomic E-state index is 11.2. The Hall–Kier alpha value is -0.990. The van der Waals surface area contributed by atoms with Crippen LogP contribution in [-0.2, 0) is 9.53 Å². The quantitative estimate of drug-likeness (QED) is 0.606. The van der Waals surface area contributed by atoms with Crippen molar-refractivity contribution in [3.8, 4) is 0 Å². The van der Waals surface area contributed by atoms with Crippen molar-refractivity contribution in [1.29, 1.82) is 0 Å². The smallest absolute Gasteiger partial charge is 0.331 e. The van der Waals surface area contributed by atoms with Gasteiger partial charge in [-0.05, 0) is 43.7 Å². The van der Waals surface area contributed by atoms with Crippen LogP contribution in [0.15, 0.2) is 24.3 Å². The number of esters is 1. The largest absolute Gasteiger partial charge is 0.460 e. The van der Waals surface area contributed by atoms with Crippen LogP contribution in [0.2, 0.25) is 10.0 Å². The Morgan fingerprint density at radius 3 is 2.31 bits per heavy atom. The van der Waals surface area contributed by atoms with Crippen LogP contribution in [0.1, 0.15) is 19.4 Å². The standard InChI is InChI=1S/C12H12Cl2O2/c1-8(2)16-12(15)4-3-9-5-10(13)7-11(14)6-9/h3-8H,1-2H3. The minimum atomic E-state index is -0.383. The number of hydrogen-bond acceptors (Lipinski definition) is 2. The summed E-state index contributed by atoms with van der Waals surface area (Å²) in [6, 6.07) is 5.06. The molecule has 0 radical (unpaired) electrons. The van der Waals surface area contributed by atoms with Gasteiger partial charge >= 0.3 is 5.97 Å². The lowest BCUT2D eigenvalue weighted by Gasteiger charge is -2.04. The van der Waals surface area contributed by atoms with Gasteiger partial charge in [-0.15, -0.1) is 0 Å². The summed E-state index contributed by atoms with van der Waals surface area (Å²) in [5.74, 6) is -0.383. The molecule has 1 aromatic rings. The van der Waals surface area contributed by atoms with E-state index in [9.17, 15) is 4.79 Å². The van der Waals surface area contributed by atoms with E-state index < -0.39 is 0 Å². The van der Waals surface area contributed by atoms with Gasteiger partial charge in [0.2, 0.25) is 0 Å². The topological polar surface area (TPSA) is 26.3 Å². The van der Waals surface area contributed by atoms with Gasteiger partial charge in [-0.2, -0.15) is 0 Å². The van der Waals surface area contributed by atoms with Crippen molar-refractivity contribution in [2.45, 2.75) is 20.0 Å². The van der Waals surface area contributed by atoms with Crippen LogP contribution >= 0.6 is 23.2 Å². The van der Waals surface area contributed by atoms with Crippen molar-refractivity contribution in [2.24, 2.45) is 0 Å². The zero-order valence-electron chi connectivity index (χ0n) is 9.04. The Morgan fingerprint density at radius 1 is 1.25 bits per heavy atom. The van der Waals surface area contributed by atoms with Crippen molar-refractivity contribution in [2.75, 3.05) is 0 Å². The van der Waals surface area contributed by atoms with Crippen LogP contribution in [0.25, 0.3) is 6.08 Å². The molecule has 1 aromatic carbocycles. The van der Waals surface area contributed by atoms with Crippen LogP contribution in [-0.4, -0.2) is 12.1 Å². The lowest BCUT2D eigenvalue weighted by atomic mass is 10.2. The molecule has 0 saturated heterocycles. The summed E-state index contributed by atoms with van der Waals surface area (Å²) in [4.78, 5) is 11.2. The molecule has 0 unspecified atom stereocenters. The molecule has 0 heterocycles. The molecule has 0 aliphatic carbocycles. The van der Waals surface area contributed by atoms with Gasteiger partial charge in [0, 0.05) is 16.1 Å². The fourth-order valence-corrected chi connectivity index (χ4v) is 1.65. The first-order valence-electron chi connectivity index (χ1n) is 4.82. The molecule has 0 aromatic heterocycles. The highest BCUT2D eigenvalue weighted by Gasteiger charge is 2.00. The molecular weight excluding hydrogens is 247 g/mol. The molecule has 0 aliphatic rings. The number of rotatable bonds is 3. The summed E-state index contributed by atoms with van der Waals surface area (Å²) in [5, 5.41) is 1.06. The van der Waals surface area contributed by atoms with E-state index in [1.807, 2.05) is 0 Å². The maximum Gasteiger partial charge on any atom is 0.331 e. The van der Waals surface area contributed by atoms with E-state index in [1.165, 1.54) is 6.08 Å². The average molecular weight is 259 g/mol. The molecule has 0 bridgehead atoms. The molecule has 4 heteroatoms. The molecule has 0 aliphatic heterocycles. The number of carbonyl (C=O) groups is 1. The molecule has 0 fully saturated rings. The number of benzene rings is 1. The molecule has 0 N–H and O–H groups in total. The summed E-state index contributed by atoms with van der Waals surface area (Å²) in [6.07, 6.45) is 2.84. The molecule has 86 valence electrons. The van der Waals surface area contributed by atoms with E-state index in [4.69, 9.17) is 27.9 Å². The second-order valence-electron chi connectivity index (χ2n) is 3.52. The van der Waals surface area contributed by atoms with Gasteiger partial charge in [-0.3, -0.25) is 0 Å². The molecule has 1 rings (SSSR count). The van der Waals surface area contributed by atoms with Crippen LogP contribution in [0, 0.1) is 0 Å². The monoisotopic (exact) mass is 258 g/mol. The normalized spacial score (nSPS) is 11.1. The first kappa shape index (κ1) is 13.1. The highest BCUT2D eigenvalue weighted by molar-refractivity contribution is 6.34. The van der Waals surface area contributed by atoms with Gasteiger partial charge in [0.1, 0.15) is 0 Å². The summed E-state index contributed by atoms with van der Waals surface area (Å²) >= 11 is 11.6. The van der Waals surface area contributed by atoms with Crippen molar-refractivity contribution >= 4 is 35.2 Å². The van der Waals surface area contributed by atoms with Crippen LogP contribution in [0.5, 0.6) is 0 Å². The predicted molar refractivity (Wildman–Crippen MR) is 66.7 cm³/mol. The maximum absolute atomic E-state index is 11.2. The number of carbonyl (C=O) groups excluding carboxylic acids is 1. The number of halogens is 2. The van der Waals surface area contributed by atoms with E-state index in [2.05, 4.69) is 0 Å². The first-order valence-corrected chi connectivity index (χ1v) is 5.58. The third-order valence-electron chi connectivity index (χ3n) is 1.65. The van der Waals surface area contributed by atoms with Crippen molar-refractivity contribution in [1.82, 2.24) is 0 Å². The molecule has 0 atom stereocenters. The molecule has 0 amide bonds. The third-order valence-corrected chi connectivity index (χ3v) is 2.09. The Balaban J connectivity index is 2.72. The van der Waals surface area contributed by atoms with Gasteiger partial charge in [0.25, 0.3) is 0 Å². The summed E-state index contributed by atoms with van der Waals surface area (Å²) in [7, 11) is 0. The second kappa shape index (κ2) is 5.92. The van der Waals surface area contributed by atoms with Crippen molar-refractivity contribution < 1.29 is 9.53 Å². The fraction of sp³-hybridized carbons (Fsp3) is 0.250. The van der Waals surface area contributed by atoms with E-state index in [0.29, 0.717) is 10.0 Å².